The summed E-state index contributed by atoms with van der Waals surface area (Å²) in [6.45, 7) is 3.96. The van der Waals surface area contributed by atoms with Gasteiger partial charge in [-0.15, -0.1) is 0 Å². The minimum Gasteiger partial charge on any atom is -0.497 e. The van der Waals surface area contributed by atoms with E-state index >= 15 is 0 Å². The average Bonchev–Trinajstić information content (AvgIpc) is 2.92. The summed E-state index contributed by atoms with van der Waals surface area (Å²) in [6, 6.07) is 15.3. The van der Waals surface area contributed by atoms with Gasteiger partial charge in [-0.05, 0) is 37.6 Å². The number of ether oxygens (including phenoxy) is 1. The first-order chi connectivity index (χ1) is 11.6. The van der Waals surface area contributed by atoms with Crippen molar-refractivity contribution in [2.75, 3.05) is 7.11 Å². The second-order valence-electron chi connectivity index (χ2n) is 5.90. The van der Waals surface area contributed by atoms with Gasteiger partial charge in [-0.1, -0.05) is 30.3 Å². The highest BCUT2D eigenvalue weighted by Crippen LogP contribution is 2.29. The van der Waals surface area contributed by atoms with Crippen molar-refractivity contribution in [1.29, 1.82) is 0 Å². The van der Waals surface area contributed by atoms with Crippen LogP contribution in [-0.2, 0) is 11.2 Å². The molecular weight excluding hydrogens is 302 g/mol. The van der Waals surface area contributed by atoms with Crippen molar-refractivity contribution in [2.24, 2.45) is 0 Å². The second-order valence-corrected chi connectivity index (χ2v) is 5.90. The Bertz CT molecular complexity index is 866. The molecule has 1 aromatic heterocycles. The zero-order chi connectivity index (χ0) is 17.1. The number of amides is 1. The summed E-state index contributed by atoms with van der Waals surface area (Å²) in [5.41, 5.74) is 2.83. The van der Waals surface area contributed by atoms with Gasteiger partial charge in [0.15, 0.2) is 0 Å². The molecule has 0 bridgehead atoms. The fraction of sp³-hybridized carbons (Fsp3) is 0.250. The maximum atomic E-state index is 12.3. The van der Waals surface area contributed by atoms with Crippen LogP contribution in [0.15, 0.2) is 52.9 Å². The van der Waals surface area contributed by atoms with Gasteiger partial charge >= 0.3 is 0 Å². The lowest BCUT2D eigenvalue weighted by Gasteiger charge is -2.13. The van der Waals surface area contributed by atoms with Crippen LogP contribution < -0.4 is 10.1 Å². The lowest BCUT2D eigenvalue weighted by atomic mass is 10.1. The molecule has 3 rings (SSSR count). The third kappa shape index (κ3) is 3.27. The van der Waals surface area contributed by atoms with E-state index in [1.165, 1.54) is 0 Å². The molecule has 0 saturated heterocycles. The topological polar surface area (TPSA) is 51.5 Å². The Labute approximate surface area is 141 Å². The molecule has 0 aliphatic heterocycles. The lowest BCUT2D eigenvalue weighted by molar-refractivity contribution is -0.121. The number of methoxy groups -OCH3 is 1. The van der Waals surface area contributed by atoms with Gasteiger partial charge in [-0.2, -0.15) is 0 Å². The number of benzene rings is 2. The summed E-state index contributed by atoms with van der Waals surface area (Å²) < 4.78 is 11.1. The Morgan fingerprint density at radius 2 is 2.00 bits per heavy atom. The van der Waals surface area contributed by atoms with E-state index in [0.717, 1.165) is 33.6 Å². The predicted molar refractivity (Wildman–Crippen MR) is 94.2 cm³/mol. The van der Waals surface area contributed by atoms with Gasteiger partial charge in [0.2, 0.25) is 5.91 Å². The summed E-state index contributed by atoms with van der Waals surface area (Å²) in [5.74, 6) is 1.51. The van der Waals surface area contributed by atoms with Crippen LogP contribution in [0.4, 0.5) is 0 Å². The highest BCUT2D eigenvalue weighted by molar-refractivity contribution is 5.83. The van der Waals surface area contributed by atoms with E-state index in [1.54, 1.807) is 7.11 Å². The molecule has 1 N–H and O–H groups in total. The van der Waals surface area contributed by atoms with Crippen LogP contribution in [0.3, 0.4) is 0 Å². The molecule has 0 radical (unpaired) electrons. The number of carbonyl (C=O) groups excluding carboxylic acids is 1. The van der Waals surface area contributed by atoms with Crippen molar-refractivity contribution in [2.45, 2.75) is 26.3 Å². The largest absolute Gasteiger partial charge is 0.497 e. The number of rotatable bonds is 5. The van der Waals surface area contributed by atoms with Crippen LogP contribution in [0.1, 0.15) is 29.9 Å². The Morgan fingerprint density at radius 1 is 1.21 bits per heavy atom. The minimum atomic E-state index is -0.185. The van der Waals surface area contributed by atoms with E-state index in [9.17, 15) is 4.79 Å². The molecular formula is C20H21NO3. The molecule has 1 atom stereocenters. The maximum absolute atomic E-state index is 12.3. The van der Waals surface area contributed by atoms with E-state index < -0.39 is 0 Å². The molecule has 24 heavy (non-hydrogen) atoms. The number of hydrogen-bond acceptors (Lipinski definition) is 3. The van der Waals surface area contributed by atoms with Crippen molar-refractivity contribution in [3.8, 4) is 5.75 Å². The first kappa shape index (κ1) is 16.1. The van der Waals surface area contributed by atoms with Gasteiger partial charge in [0, 0.05) is 10.9 Å². The van der Waals surface area contributed by atoms with Crippen molar-refractivity contribution in [3.63, 3.8) is 0 Å². The number of furan rings is 1. The molecule has 124 valence electrons. The molecule has 1 heterocycles. The van der Waals surface area contributed by atoms with E-state index in [2.05, 4.69) is 5.32 Å². The molecule has 0 saturated carbocycles. The Kier molecular flexibility index (Phi) is 4.56. The van der Waals surface area contributed by atoms with Crippen LogP contribution in [-0.4, -0.2) is 13.0 Å². The molecule has 2 aromatic carbocycles. The fourth-order valence-electron chi connectivity index (χ4n) is 2.93. The highest BCUT2D eigenvalue weighted by atomic mass is 16.5. The number of para-hydroxylation sites is 1. The van der Waals surface area contributed by atoms with Crippen molar-refractivity contribution in [3.05, 3.63) is 65.4 Å². The quantitative estimate of drug-likeness (QED) is 0.766. The van der Waals surface area contributed by atoms with Gasteiger partial charge in [0.1, 0.15) is 17.1 Å². The second kappa shape index (κ2) is 6.79. The molecule has 4 nitrogen and oxygen atoms in total. The number of hydrogen-bond donors (Lipinski definition) is 1. The zero-order valence-corrected chi connectivity index (χ0v) is 14.1. The van der Waals surface area contributed by atoms with Gasteiger partial charge in [-0.25, -0.2) is 0 Å². The lowest BCUT2D eigenvalue weighted by Crippen LogP contribution is -2.28. The van der Waals surface area contributed by atoms with Gasteiger partial charge in [0.05, 0.1) is 19.6 Å². The van der Waals surface area contributed by atoms with Crippen molar-refractivity contribution in [1.82, 2.24) is 5.32 Å². The van der Waals surface area contributed by atoms with E-state index in [-0.39, 0.29) is 11.9 Å². The molecule has 0 fully saturated rings. The molecule has 3 aromatic rings. The van der Waals surface area contributed by atoms with Gasteiger partial charge in [0.25, 0.3) is 0 Å². The van der Waals surface area contributed by atoms with Gasteiger partial charge in [-0.3, -0.25) is 4.79 Å². The summed E-state index contributed by atoms with van der Waals surface area (Å²) in [6.07, 6.45) is 0.306. The van der Waals surface area contributed by atoms with Crippen LogP contribution in [0.25, 0.3) is 11.0 Å². The van der Waals surface area contributed by atoms with E-state index in [0.29, 0.717) is 6.42 Å². The Hall–Kier alpha value is -2.75. The van der Waals surface area contributed by atoms with E-state index in [1.807, 2.05) is 62.4 Å². The Morgan fingerprint density at radius 3 is 2.75 bits per heavy atom. The normalized spacial score (nSPS) is 12.1. The smallest absolute Gasteiger partial charge is 0.225 e. The van der Waals surface area contributed by atoms with Crippen LogP contribution >= 0.6 is 0 Å². The number of fused-ring (bicyclic) bond motifs is 1. The summed E-state index contributed by atoms with van der Waals surface area (Å²) in [7, 11) is 1.62. The fourth-order valence-corrected chi connectivity index (χ4v) is 2.93. The highest BCUT2D eigenvalue weighted by Gasteiger charge is 2.18. The number of carbonyl (C=O) groups is 1. The SMILES string of the molecule is COc1cccc(CC(=O)N[C@H](C)c2oc3ccccc3c2C)c1. The zero-order valence-electron chi connectivity index (χ0n) is 14.1. The molecule has 0 spiro atoms. The average molecular weight is 323 g/mol. The molecule has 0 unspecified atom stereocenters. The third-order valence-corrected chi connectivity index (χ3v) is 4.15. The first-order valence-electron chi connectivity index (χ1n) is 7.99. The maximum Gasteiger partial charge on any atom is 0.225 e. The van der Waals surface area contributed by atoms with Crippen molar-refractivity contribution >= 4 is 16.9 Å². The molecule has 1 amide bonds. The number of aryl methyl sites for hydroxylation is 1. The van der Waals surface area contributed by atoms with Crippen LogP contribution in [0, 0.1) is 6.92 Å². The van der Waals surface area contributed by atoms with Crippen molar-refractivity contribution < 1.29 is 13.9 Å². The van der Waals surface area contributed by atoms with E-state index in [4.69, 9.17) is 9.15 Å². The molecule has 0 aliphatic rings. The summed E-state index contributed by atoms with van der Waals surface area (Å²) in [4.78, 5) is 12.3. The minimum absolute atomic E-state index is 0.0457. The summed E-state index contributed by atoms with van der Waals surface area (Å²) >= 11 is 0. The standard InChI is InChI=1S/C20H21NO3/c1-13-17-9-4-5-10-18(17)24-20(13)14(2)21-19(22)12-15-7-6-8-16(11-15)23-3/h4-11,14H,12H2,1-3H3,(H,21,22)/t14-/m1/s1. The third-order valence-electron chi connectivity index (χ3n) is 4.15. The first-order valence-corrected chi connectivity index (χ1v) is 7.99. The summed E-state index contributed by atoms with van der Waals surface area (Å²) in [5, 5.41) is 4.10. The van der Waals surface area contributed by atoms with Crippen LogP contribution in [0.2, 0.25) is 0 Å². The number of nitrogens with one attached hydrogen (secondary N) is 1. The Balaban J connectivity index is 1.72. The van der Waals surface area contributed by atoms with Crippen LogP contribution in [0.5, 0.6) is 5.75 Å². The molecule has 4 heteroatoms. The molecule has 0 aliphatic carbocycles. The van der Waals surface area contributed by atoms with Gasteiger partial charge < -0.3 is 14.5 Å². The predicted octanol–water partition coefficient (Wildman–Crippen LogP) is 4.17. The monoisotopic (exact) mass is 323 g/mol.